The maximum Gasteiger partial charge on any atom is 0.0163 e. The molecule has 0 radical (unpaired) electrons. The molecule has 1 atom stereocenters. The predicted octanol–water partition coefficient (Wildman–Crippen LogP) is 7.12. The van der Waals surface area contributed by atoms with E-state index < -0.39 is 0 Å². The van der Waals surface area contributed by atoms with Crippen molar-refractivity contribution in [1.29, 1.82) is 0 Å². The van der Waals surface area contributed by atoms with Gasteiger partial charge in [0.05, 0.1) is 0 Å². The maximum absolute atomic E-state index is 2.24. The van der Waals surface area contributed by atoms with Gasteiger partial charge in [-0.15, -0.1) is 0 Å². The van der Waals surface area contributed by atoms with Gasteiger partial charge in [-0.3, -0.25) is 0 Å². The number of allylic oxidation sites excluding steroid dienone is 14. The third-order valence-corrected chi connectivity index (χ3v) is 3.28. The van der Waals surface area contributed by atoms with Crippen LogP contribution in [-0.4, -0.2) is 0 Å². The fraction of sp³-hybridized carbons (Fsp3) is 0.364. The van der Waals surface area contributed by atoms with Gasteiger partial charge < -0.3 is 0 Å². The van der Waals surface area contributed by atoms with Crippen LogP contribution in [0.2, 0.25) is 0 Å². The van der Waals surface area contributed by atoms with Gasteiger partial charge in [0.2, 0.25) is 0 Å². The van der Waals surface area contributed by atoms with Crippen LogP contribution in [0.3, 0.4) is 0 Å². The van der Waals surface area contributed by atoms with E-state index in [1.165, 1.54) is 23.1 Å². The summed E-state index contributed by atoms with van der Waals surface area (Å²) >= 11 is 0. The molecule has 0 heteroatoms. The van der Waals surface area contributed by atoms with Gasteiger partial charge in [-0.1, -0.05) is 97.4 Å². The quantitative estimate of drug-likeness (QED) is 0.486. The average molecular weight is 296 g/mol. The molecule has 0 bridgehead atoms. The molecule has 0 nitrogen and oxygen atoms in total. The fourth-order valence-corrected chi connectivity index (χ4v) is 1.92. The van der Waals surface area contributed by atoms with Crippen molar-refractivity contribution in [3.05, 3.63) is 83.6 Å². The van der Waals surface area contributed by atoms with E-state index in [0.717, 1.165) is 0 Å². The van der Waals surface area contributed by atoms with Crippen LogP contribution >= 0.6 is 0 Å². The Morgan fingerprint density at radius 3 is 2.27 bits per heavy atom. The lowest BCUT2D eigenvalue weighted by Gasteiger charge is -2.02. The van der Waals surface area contributed by atoms with Crippen molar-refractivity contribution in [2.75, 3.05) is 0 Å². The molecule has 2 rings (SSSR count). The van der Waals surface area contributed by atoms with Crippen LogP contribution in [0.1, 0.15) is 48.0 Å². The second kappa shape index (κ2) is 12.9. The van der Waals surface area contributed by atoms with Crippen molar-refractivity contribution in [3.63, 3.8) is 0 Å². The van der Waals surface area contributed by atoms with Gasteiger partial charge in [0.15, 0.2) is 0 Å². The molecule has 0 saturated heterocycles. The molecule has 0 aromatic rings. The minimum absolute atomic E-state index is 0.504. The van der Waals surface area contributed by atoms with Crippen molar-refractivity contribution in [3.8, 4) is 0 Å². The topological polar surface area (TPSA) is 0 Å². The Morgan fingerprint density at radius 2 is 1.86 bits per heavy atom. The smallest absolute Gasteiger partial charge is 0.0163 e. The fourth-order valence-electron chi connectivity index (χ4n) is 1.92. The Kier molecular flexibility index (Phi) is 11.8. The summed E-state index contributed by atoms with van der Waals surface area (Å²) in [7, 11) is 0. The largest absolute Gasteiger partial charge is 0.0877 e. The van der Waals surface area contributed by atoms with E-state index in [9.17, 15) is 0 Å². The van der Waals surface area contributed by atoms with Gasteiger partial charge in [-0.2, -0.15) is 0 Å². The van der Waals surface area contributed by atoms with Gasteiger partial charge in [0.1, 0.15) is 0 Å². The SMILES string of the molecule is C/C=C/C=C(C)\C=C/C1C=CC=C1C.CC.CC1=CC=CC1. The van der Waals surface area contributed by atoms with Gasteiger partial charge >= 0.3 is 0 Å². The summed E-state index contributed by atoms with van der Waals surface area (Å²) in [5.74, 6) is 0.504. The molecule has 2 aliphatic carbocycles. The van der Waals surface area contributed by atoms with Crippen LogP contribution in [0.15, 0.2) is 83.6 Å². The molecule has 0 heterocycles. The van der Waals surface area contributed by atoms with Crippen molar-refractivity contribution >= 4 is 0 Å². The van der Waals surface area contributed by atoms with Gasteiger partial charge in [0, 0.05) is 5.92 Å². The number of hydrogen-bond acceptors (Lipinski definition) is 0. The molecule has 0 N–H and O–H groups in total. The maximum atomic E-state index is 2.24. The van der Waals surface area contributed by atoms with Crippen LogP contribution in [0.5, 0.6) is 0 Å². The Labute approximate surface area is 138 Å². The molecule has 0 fully saturated rings. The van der Waals surface area contributed by atoms with Crippen LogP contribution < -0.4 is 0 Å². The third-order valence-electron chi connectivity index (χ3n) is 3.28. The highest BCUT2D eigenvalue weighted by atomic mass is 14.1. The predicted molar refractivity (Wildman–Crippen MR) is 103 cm³/mol. The Bertz CT molecular complexity index is 502. The normalized spacial score (nSPS) is 19.7. The monoisotopic (exact) mass is 296 g/mol. The first-order valence-corrected chi connectivity index (χ1v) is 8.28. The van der Waals surface area contributed by atoms with Gasteiger partial charge in [-0.25, -0.2) is 0 Å². The van der Waals surface area contributed by atoms with Crippen LogP contribution in [-0.2, 0) is 0 Å². The molecule has 0 aromatic carbocycles. The minimum atomic E-state index is 0.504. The molecule has 0 aliphatic heterocycles. The van der Waals surface area contributed by atoms with E-state index in [-0.39, 0.29) is 0 Å². The molecule has 0 saturated carbocycles. The van der Waals surface area contributed by atoms with E-state index >= 15 is 0 Å². The van der Waals surface area contributed by atoms with E-state index in [4.69, 9.17) is 0 Å². The standard InChI is InChI=1S/C14H18.C6H8.C2H6/c1-4-5-7-12(2)10-11-14-9-6-8-13(14)3;1-6-4-2-3-5-6;1-2/h4-11,14H,1-3H3;2-4H,5H2,1H3;1-2H3/b5-4+,11-10-,12-7-;;. The van der Waals surface area contributed by atoms with Crippen molar-refractivity contribution < 1.29 is 0 Å². The first-order valence-electron chi connectivity index (χ1n) is 8.28. The minimum Gasteiger partial charge on any atom is -0.0877 e. The number of rotatable bonds is 3. The summed E-state index contributed by atoms with van der Waals surface area (Å²) in [4.78, 5) is 0. The highest BCUT2D eigenvalue weighted by Gasteiger charge is 2.05. The zero-order chi connectivity index (χ0) is 16.8. The Balaban J connectivity index is 0.000000457. The summed E-state index contributed by atoms with van der Waals surface area (Å²) < 4.78 is 0. The van der Waals surface area contributed by atoms with Gasteiger partial charge in [-0.05, 0) is 34.1 Å². The van der Waals surface area contributed by atoms with Crippen molar-refractivity contribution in [2.24, 2.45) is 5.92 Å². The molecule has 0 spiro atoms. The Morgan fingerprint density at radius 1 is 1.14 bits per heavy atom. The summed E-state index contributed by atoms with van der Waals surface area (Å²) in [5, 5.41) is 0. The zero-order valence-electron chi connectivity index (χ0n) is 15.1. The molecule has 1 unspecified atom stereocenters. The number of hydrogen-bond donors (Lipinski definition) is 0. The second-order valence-corrected chi connectivity index (χ2v) is 5.26. The third kappa shape index (κ3) is 9.18. The van der Waals surface area contributed by atoms with Crippen molar-refractivity contribution in [1.82, 2.24) is 0 Å². The highest BCUT2D eigenvalue weighted by Crippen LogP contribution is 2.20. The Hall–Kier alpha value is -1.82. The lowest BCUT2D eigenvalue weighted by molar-refractivity contribution is 0.989. The second-order valence-electron chi connectivity index (χ2n) is 5.26. The molecule has 0 aromatic heterocycles. The first kappa shape index (κ1) is 20.2. The summed E-state index contributed by atoms with van der Waals surface area (Å²) in [6.45, 7) is 12.5. The summed E-state index contributed by atoms with van der Waals surface area (Å²) in [6, 6.07) is 0. The highest BCUT2D eigenvalue weighted by molar-refractivity contribution is 5.32. The van der Waals surface area contributed by atoms with Gasteiger partial charge in [0.25, 0.3) is 0 Å². The van der Waals surface area contributed by atoms with E-state index in [1.807, 2.05) is 26.8 Å². The molecule has 2 aliphatic rings. The average Bonchev–Trinajstić information content (AvgIpc) is 3.17. The lowest BCUT2D eigenvalue weighted by atomic mass is 10.0. The van der Waals surface area contributed by atoms with E-state index in [1.54, 1.807) is 0 Å². The van der Waals surface area contributed by atoms with Crippen LogP contribution in [0, 0.1) is 5.92 Å². The zero-order valence-corrected chi connectivity index (χ0v) is 15.1. The molecular formula is C22H32. The summed E-state index contributed by atoms with van der Waals surface area (Å²) in [5.41, 5.74) is 4.17. The van der Waals surface area contributed by atoms with E-state index in [2.05, 4.69) is 81.5 Å². The van der Waals surface area contributed by atoms with Crippen LogP contribution in [0.25, 0.3) is 0 Å². The van der Waals surface area contributed by atoms with E-state index in [0.29, 0.717) is 5.92 Å². The molecular weight excluding hydrogens is 264 g/mol. The first-order chi connectivity index (χ1) is 10.6. The molecule has 0 amide bonds. The van der Waals surface area contributed by atoms with Crippen molar-refractivity contribution in [2.45, 2.75) is 48.0 Å². The molecule has 22 heavy (non-hydrogen) atoms. The van der Waals surface area contributed by atoms with Crippen LogP contribution in [0.4, 0.5) is 0 Å². The lowest BCUT2D eigenvalue weighted by Crippen LogP contribution is -1.88. The molecule has 120 valence electrons. The summed E-state index contributed by atoms with van der Waals surface area (Å²) in [6.07, 6.45) is 24.7.